The Morgan fingerprint density at radius 2 is 1.35 bits per heavy atom. The van der Waals surface area contributed by atoms with Gasteiger partial charge in [0.2, 0.25) is 0 Å². The van der Waals surface area contributed by atoms with E-state index >= 15 is 0 Å². The van der Waals surface area contributed by atoms with Crippen molar-refractivity contribution in [3.63, 3.8) is 0 Å². The van der Waals surface area contributed by atoms with E-state index in [-0.39, 0.29) is 0 Å². The van der Waals surface area contributed by atoms with E-state index in [2.05, 4.69) is 0 Å². The molecule has 0 saturated carbocycles. The molecular formula is C13H15F11O2. The van der Waals surface area contributed by atoms with E-state index < -0.39 is 55.6 Å². The molecule has 0 aromatic carbocycles. The van der Waals surface area contributed by atoms with Crippen LogP contribution in [0, 0.1) is 0 Å². The van der Waals surface area contributed by atoms with Gasteiger partial charge in [-0.3, -0.25) is 0 Å². The number of alkyl halides is 11. The first-order valence-corrected chi connectivity index (χ1v) is 7.39. The van der Waals surface area contributed by atoms with E-state index in [0.29, 0.717) is 25.9 Å². The van der Waals surface area contributed by atoms with E-state index in [4.69, 9.17) is 9.47 Å². The predicted molar refractivity (Wildman–Crippen MR) is 64.6 cm³/mol. The van der Waals surface area contributed by atoms with Crippen LogP contribution in [-0.2, 0) is 9.47 Å². The Kier molecular flexibility index (Phi) is 6.82. The van der Waals surface area contributed by atoms with Crippen LogP contribution in [0.15, 0.2) is 0 Å². The van der Waals surface area contributed by atoms with Gasteiger partial charge in [-0.25, -0.2) is 0 Å². The maximum Gasteiger partial charge on any atom is 0.460 e. The molecule has 1 aliphatic rings. The molecule has 1 fully saturated rings. The second-order valence-electron chi connectivity index (χ2n) is 5.70. The standard InChI is InChI=1S/C13H15F11O2/c14-9(15,5-3-7-26-8-4-1-2-6-25-8)10(16,17)11(18,19)12(20,21)13(22,23)24/h8H,1-7H2. The minimum absolute atomic E-state index is 0.303. The molecule has 1 aliphatic heterocycles. The number of halogens is 11. The van der Waals surface area contributed by atoms with Crippen molar-refractivity contribution in [3.8, 4) is 0 Å². The summed E-state index contributed by atoms with van der Waals surface area (Å²) in [5, 5.41) is 0. The highest BCUT2D eigenvalue weighted by Gasteiger charge is 2.86. The zero-order chi connectivity index (χ0) is 20.4. The number of hydrogen-bond donors (Lipinski definition) is 0. The lowest BCUT2D eigenvalue weighted by atomic mass is 9.95. The Labute approximate surface area is 140 Å². The minimum Gasteiger partial charge on any atom is -0.353 e. The molecule has 13 heteroatoms. The molecule has 0 aromatic heterocycles. The van der Waals surface area contributed by atoms with Gasteiger partial charge in [-0.1, -0.05) is 0 Å². The third kappa shape index (κ3) is 4.34. The Morgan fingerprint density at radius 1 is 0.769 bits per heavy atom. The van der Waals surface area contributed by atoms with Crippen molar-refractivity contribution in [2.45, 2.75) is 68.3 Å². The van der Waals surface area contributed by atoms with Gasteiger partial charge in [-0.2, -0.15) is 48.3 Å². The highest BCUT2D eigenvalue weighted by molar-refractivity contribution is 5.06. The minimum atomic E-state index is -7.35. The Morgan fingerprint density at radius 3 is 1.81 bits per heavy atom. The van der Waals surface area contributed by atoms with Gasteiger partial charge in [0.1, 0.15) is 0 Å². The maximum atomic E-state index is 13.4. The molecule has 1 saturated heterocycles. The summed E-state index contributed by atoms with van der Waals surface area (Å²) in [6.45, 7) is -0.352. The molecule has 0 aromatic rings. The summed E-state index contributed by atoms with van der Waals surface area (Å²) in [5.41, 5.74) is 0. The number of rotatable bonds is 8. The average molecular weight is 412 g/mol. The van der Waals surface area contributed by atoms with Crippen LogP contribution in [0.25, 0.3) is 0 Å². The fraction of sp³-hybridized carbons (Fsp3) is 1.00. The van der Waals surface area contributed by atoms with Crippen LogP contribution in [0.4, 0.5) is 48.3 Å². The summed E-state index contributed by atoms with van der Waals surface area (Å²) in [6, 6.07) is 0. The lowest BCUT2D eigenvalue weighted by Crippen LogP contribution is -2.66. The Balaban J connectivity index is 2.74. The lowest BCUT2D eigenvalue weighted by molar-refractivity contribution is -0.422. The zero-order valence-electron chi connectivity index (χ0n) is 13.0. The highest BCUT2D eigenvalue weighted by Crippen LogP contribution is 2.58. The summed E-state index contributed by atoms with van der Waals surface area (Å²) < 4.78 is 150. The van der Waals surface area contributed by atoms with Crippen molar-refractivity contribution in [2.24, 2.45) is 0 Å². The van der Waals surface area contributed by atoms with Crippen LogP contribution in [0.2, 0.25) is 0 Å². The molecule has 0 bridgehead atoms. The van der Waals surface area contributed by atoms with Crippen molar-refractivity contribution in [3.05, 3.63) is 0 Å². The van der Waals surface area contributed by atoms with E-state index in [9.17, 15) is 48.3 Å². The molecule has 26 heavy (non-hydrogen) atoms. The first-order chi connectivity index (χ1) is 11.6. The average Bonchev–Trinajstić information content (AvgIpc) is 2.51. The third-order valence-electron chi connectivity index (χ3n) is 3.68. The molecule has 1 rings (SSSR count). The molecule has 156 valence electrons. The molecule has 0 spiro atoms. The first kappa shape index (κ1) is 23.2. The lowest BCUT2D eigenvalue weighted by Gasteiger charge is -2.37. The van der Waals surface area contributed by atoms with Crippen molar-refractivity contribution >= 4 is 0 Å². The molecule has 1 atom stereocenters. The van der Waals surface area contributed by atoms with Gasteiger partial charge in [0.25, 0.3) is 0 Å². The van der Waals surface area contributed by atoms with Crippen LogP contribution in [0.3, 0.4) is 0 Å². The Hall–Kier alpha value is -0.850. The van der Waals surface area contributed by atoms with E-state index in [0.717, 1.165) is 0 Å². The molecular weight excluding hydrogens is 397 g/mol. The van der Waals surface area contributed by atoms with Gasteiger partial charge in [-0.05, 0) is 25.7 Å². The van der Waals surface area contributed by atoms with Crippen molar-refractivity contribution in [1.82, 2.24) is 0 Å². The van der Waals surface area contributed by atoms with Crippen LogP contribution in [-0.4, -0.2) is 49.4 Å². The SMILES string of the molecule is FC(F)(F)C(F)(F)C(F)(F)C(F)(F)C(F)(F)CCCOC1CCCCO1. The maximum absolute atomic E-state index is 13.4. The zero-order valence-corrected chi connectivity index (χ0v) is 13.0. The smallest absolute Gasteiger partial charge is 0.353 e. The molecule has 0 amide bonds. The molecule has 1 unspecified atom stereocenters. The van der Waals surface area contributed by atoms with Gasteiger partial charge < -0.3 is 9.47 Å². The van der Waals surface area contributed by atoms with Crippen LogP contribution < -0.4 is 0 Å². The number of hydrogen-bond acceptors (Lipinski definition) is 2. The van der Waals surface area contributed by atoms with Gasteiger partial charge in [0, 0.05) is 19.6 Å². The largest absolute Gasteiger partial charge is 0.460 e. The first-order valence-electron chi connectivity index (χ1n) is 7.39. The van der Waals surface area contributed by atoms with Gasteiger partial charge in [0.15, 0.2) is 6.29 Å². The normalized spacial score (nSPS) is 21.1. The van der Waals surface area contributed by atoms with Crippen molar-refractivity contribution in [1.29, 1.82) is 0 Å². The van der Waals surface area contributed by atoms with Gasteiger partial charge >= 0.3 is 29.9 Å². The Bertz CT molecular complexity index is 455. The van der Waals surface area contributed by atoms with Crippen LogP contribution >= 0.6 is 0 Å². The molecule has 2 nitrogen and oxygen atoms in total. The summed E-state index contributed by atoms with van der Waals surface area (Å²) in [4.78, 5) is 0. The fourth-order valence-electron chi connectivity index (χ4n) is 2.11. The summed E-state index contributed by atoms with van der Waals surface area (Å²) in [6.07, 6.45) is -9.26. The number of ether oxygens (including phenoxy) is 2. The van der Waals surface area contributed by atoms with Crippen LogP contribution in [0.1, 0.15) is 32.1 Å². The van der Waals surface area contributed by atoms with Crippen LogP contribution in [0.5, 0.6) is 0 Å². The van der Waals surface area contributed by atoms with Crippen molar-refractivity contribution in [2.75, 3.05) is 13.2 Å². The third-order valence-corrected chi connectivity index (χ3v) is 3.68. The molecule has 0 aliphatic carbocycles. The summed E-state index contributed by atoms with van der Waals surface area (Å²) >= 11 is 0. The van der Waals surface area contributed by atoms with Gasteiger partial charge in [-0.15, -0.1) is 0 Å². The topological polar surface area (TPSA) is 18.5 Å². The molecule has 0 N–H and O–H groups in total. The molecule has 0 radical (unpaired) electrons. The second-order valence-corrected chi connectivity index (χ2v) is 5.70. The van der Waals surface area contributed by atoms with Crippen molar-refractivity contribution < 1.29 is 57.8 Å². The monoisotopic (exact) mass is 412 g/mol. The van der Waals surface area contributed by atoms with E-state index in [1.165, 1.54) is 0 Å². The highest BCUT2D eigenvalue weighted by atomic mass is 19.4. The van der Waals surface area contributed by atoms with E-state index in [1.54, 1.807) is 0 Å². The quantitative estimate of drug-likeness (QED) is 0.392. The fourth-order valence-corrected chi connectivity index (χ4v) is 2.11. The summed E-state index contributed by atoms with van der Waals surface area (Å²) in [5.74, 6) is -27.5. The summed E-state index contributed by atoms with van der Waals surface area (Å²) in [7, 11) is 0. The molecule has 1 heterocycles. The van der Waals surface area contributed by atoms with E-state index in [1.807, 2.05) is 0 Å². The van der Waals surface area contributed by atoms with Gasteiger partial charge in [0.05, 0.1) is 0 Å². The predicted octanol–water partition coefficient (Wildman–Crippen LogP) is 5.41. The second kappa shape index (κ2) is 7.64.